The van der Waals surface area contributed by atoms with Crippen molar-refractivity contribution in [3.05, 3.63) is 26.3 Å². The molecule has 1 N–H and O–H groups in total. The van der Waals surface area contributed by atoms with E-state index in [-0.39, 0.29) is 0 Å². The maximum atomic E-state index is 4.66. The molecule has 2 heterocycles. The Hall–Kier alpha value is -0.230. The molecule has 0 saturated carbocycles. The molecule has 0 saturated heterocycles. The van der Waals surface area contributed by atoms with Crippen molar-refractivity contribution in [3.63, 3.8) is 0 Å². The van der Waals surface area contributed by atoms with Crippen LogP contribution < -0.4 is 5.32 Å². The molecule has 0 amide bonds. The fourth-order valence-electron chi connectivity index (χ4n) is 1.45. The van der Waals surface area contributed by atoms with Gasteiger partial charge in [-0.05, 0) is 22.0 Å². The van der Waals surface area contributed by atoms with Crippen LogP contribution in [0.15, 0.2) is 21.3 Å². The van der Waals surface area contributed by atoms with Gasteiger partial charge in [0.05, 0.1) is 15.6 Å². The molecule has 0 spiro atoms. The van der Waals surface area contributed by atoms with Gasteiger partial charge in [0.15, 0.2) is 0 Å². The van der Waals surface area contributed by atoms with Crippen LogP contribution >= 0.6 is 38.6 Å². The number of hydrogen-bond acceptors (Lipinski definition) is 4. The predicted molar refractivity (Wildman–Crippen MR) is 80.0 cm³/mol. The molecule has 0 aliphatic carbocycles. The monoisotopic (exact) mass is 330 g/mol. The second-order valence-corrected chi connectivity index (χ2v) is 6.88. The normalized spacial score (nSPS) is 11.3. The van der Waals surface area contributed by atoms with Crippen LogP contribution in [0, 0.1) is 0 Å². The largest absolute Gasteiger partial charge is 0.314 e. The number of rotatable bonds is 5. The molecule has 2 aromatic rings. The Bertz CT molecular complexity index is 476. The summed E-state index contributed by atoms with van der Waals surface area (Å²) in [5.74, 6) is 0. The Labute approximate surface area is 118 Å². The van der Waals surface area contributed by atoms with Gasteiger partial charge in [0.1, 0.15) is 0 Å². The van der Waals surface area contributed by atoms with Crippen molar-refractivity contribution in [2.24, 2.45) is 0 Å². The molecular weight excluding hydrogens is 316 g/mol. The van der Waals surface area contributed by atoms with Gasteiger partial charge in [0, 0.05) is 34.2 Å². The summed E-state index contributed by atoms with van der Waals surface area (Å²) in [6.07, 6.45) is 1.01. The molecule has 2 rings (SSSR count). The molecule has 0 aromatic carbocycles. The minimum atomic E-state index is 0.544. The highest BCUT2D eigenvalue weighted by atomic mass is 79.9. The van der Waals surface area contributed by atoms with E-state index in [1.165, 1.54) is 9.88 Å². The van der Waals surface area contributed by atoms with Gasteiger partial charge in [0.25, 0.3) is 0 Å². The van der Waals surface area contributed by atoms with Gasteiger partial charge in [-0.1, -0.05) is 13.8 Å². The third kappa shape index (κ3) is 3.88. The Morgan fingerprint density at radius 2 is 2.18 bits per heavy atom. The highest BCUT2D eigenvalue weighted by Crippen LogP contribution is 2.30. The van der Waals surface area contributed by atoms with Crippen LogP contribution in [-0.4, -0.2) is 17.6 Å². The Kier molecular flexibility index (Phi) is 4.73. The second-order valence-electron chi connectivity index (χ2n) is 4.11. The molecule has 2 nitrogen and oxygen atoms in total. The van der Waals surface area contributed by atoms with E-state index in [9.17, 15) is 0 Å². The van der Waals surface area contributed by atoms with Crippen LogP contribution in [0.25, 0.3) is 10.6 Å². The lowest BCUT2D eigenvalue weighted by Gasteiger charge is -2.05. The molecule has 2 aromatic heterocycles. The van der Waals surface area contributed by atoms with Crippen molar-refractivity contribution in [1.82, 2.24) is 10.3 Å². The SMILES string of the molecule is CC(C)NCCc1nc(-c2cc(Br)cs2)cs1. The van der Waals surface area contributed by atoms with Crippen molar-refractivity contribution >= 4 is 38.6 Å². The van der Waals surface area contributed by atoms with Crippen LogP contribution in [0.4, 0.5) is 0 Å². The maximum Gasteiger partial charge on any atom is 0.0945 e. The zero-order chi connectivity index (χ0) is 12.3. The first-order chi connectivity index (χ1) is 8.15. The first-order valence-electron chi connectivity index (χ1n) is 5.57. The Morgan fingerprint density at radius 1 is 1.35 bits per heavy atom. The van der Waals surface area contributed by atoms with Crippen molar-refractivity contribution < 1.29 is 0 Å². The van der Waals surface area contributed by atoms with Gasteiger partial charge in [-0.15, -0.1) is 22.7 Å². The average Bonchev–Trinajstić information content (AvgIpc) is 2.86. The van der Waals surface area contributed by atoms with Gasteiger partial charge in [0.2, 0.25) is 0 Å². The van der Waals surface area contributed by atoms with Crippen LogP contribution in [0.3, 0.4) is 0 Å². The van der Waals surface area contributed by atoms with E-state index < -0.39 is 0 Å². The predicted octanol–water partition coefficient (Wildman–Crippen LogP) is 4.17. The quantitative estimate of drug-likeness (QED) is 0.889. The number of halogens is 1. The molecule has 5 heteroatoms. The first kappa shape index (κ1) is 13.2. The summed E-state index contributed by atoms with van der Waals surface area (Å²) in [5.41, 5.74) is 1.10. The van der Waals surface area contributed by atoms with Crippen molar-refractivity contribution in [2.75, 3.05) is 6.54 Å². The van der Waals surface area contributed by atoms with Crippen molar-refractivity contribution in [2.45, 2.75) is 26.3 Å². The molecule has 92 valence electrons. The zero-order valence-corrected chi connectivity index (χ0v) is 13.1. The fraction of sp³-hybridized carbons (Fsp3) is 0.417. The molecule has 0 radical (unpaired) electrons. The van der Waals surface area contributed by atoms with Crippen LogP contribution in [0.2, 0.25) is 0 Å². The summed E-state index contributed by atoms with van der Waals surface area (Å²) >= 11 is 6.94. The van der Waals surface area contributed by atoms with Crippen molar-refractivity contribution in [1.29, 1.82) is 0 Å². The second kappa shape index (κ2) is 6.09. The Morgan fingerprint density at radius 3 is 2.82 bits per heavy atom. The number of aromatic nitrogens is 1. The smallest absolute Gasteiger partial charge is 0.0945 e. The van der Waals surface area contributed by atoms with E-state index in [4.69, 9.17) is 0 Å². The van der Waals surface area contributed by atoms with Gasteiger partial charge < -0.3 is 5.32 Å². The summed E-state index contributed by atoms with van der Waals surface area (Å²) in [5, 5.41) is 8.85. The molecule has 0 fully saturated rings. The third-order valence-electron chi connectivity index (χ3n) is 2.26. The molecule has 0 bridgehead atoms. The van der Waals surface area contributed by atoms with Gasteiger partial charge >= 0.3 is 0 Å². The molecule has 0 aliphatic heterocycles. The highest BCUT2D eigenvalue weighted by Gasteiger charge is 2.06. The van der Waals surface area contributed by atoms with Crippen LogP contribution in [0.1, 0.15) is 18.9 Å². The first-order valence-corrected chi connectivity index (χ1v) is 8.12. The van der Waals surface area contributed by atoms with Gasteiger partial charge in [-0.2, -0.15) is 0 Å². The van der Waals surface area contributed by atoms with E-state index in [1.54, 1.807) is 22.7 Å². The Balaban J connectivity index is 1.96. The number of nitrogens with one attached hydrogen (secondary N) is 1. The van der Waals surface area contributed by atoms with E-state index >= 15 is 0 Å². The van der Waals surface area contributed by atoms with Crippen LogP contribution in [-0.2, 0) is 6.42 Å². The van der Waals surface area contributed by atoms with E-state index in [0.717, 1.165) is 23.1 Å². The lowest BCUT2D eigenvalue weighted by atomic mass is 10.3. The maximum absolute atomic E-state index is 4.66. The number of nitrogens with zero attached hydrogens (tertiary/aromatic N) is 1. The minimum Gasteiger partial charge on any atom is -0.314 e. The topological polar surface area (TPSA) is 24.9 Å². The molecule has 17 heavy (non-hydrogen) atoms. The zero-order valence-electron chi connectivity index (χ0n) is 9.87. The highest BCUT2D eigenvalue weighted by molar-refractivity contribution is 9.10. The van der Waals surface area contributed by atoms with E-state index in [0.29, 0.717) is 6.04 Å². The summed E-state index contributed by atoms with van der Waals surface area (Å²) < 4.78 is 1.13. The lowest BCUT2D eigenvalue weighted by molar-refractivity contribution is 0.590. The summed E-state index contributed by atoms with van der Waals surface area (Å²) in [4.78, 5) is 5.89. The lowest BCUT2D eigenvalue weighted by Crippen LogP contribution is -2.24. The summed E-state index contributed by atoms with van der Waals surface area (Å²) in [7, 11) is 0. The number of thiazole rings is 1. The molecule has 0 atom stereocenters. The summed E-state index contributed by atoms with van der Waals surface area (Å²) in [6, 6.07) is 2.67. The summed E-state index contributed by atoms with van der Waals surface area (Å²) in [6.45, 7) is 5.33. The van der Waals surface area contributed by atoms with Crippen molar-refractivity contribution in [3.8, 4) is 10.6 Å². The minimum absolute atomic E-state index is 0.544. The fourth-order valence-corrected chi connectivity index (χ4v) is 3.72. The van der Waals surface area contributed by atoms with E-state index in [2.05, 4.69) is 56.9 Å². The van der Waals surface area contributed by atoms with Gasteiger partial charge in [-0.25, -0.2) is 4.98 Å². The third-order valence-corrected chi connectivity index (χ3v) is 4.89. The van der Waals surface area contributed by atoms with E-state index in [1.807, 2.05) is 0 Å². The molecular formula is C12H15BrN2S2. The number of hydrogen-bond donors (Lipinski definition) is 1. The molecule has 0 aliphatic rings. The number of thiophene rings is 1. The average molecular weight is 331 g/mol. The van der Waals surface area contributed by atoms with Gasteiger partial charge in [-0.3, -0.25) is 0 Å². The molecule has 0 unspecified atom stereocenters. The standard InChI is InChI=1S/C12H15BrN2S2/c1-8(2)14-4-3-12-15-10(7-17-12)11-5-9(13)6-16-11/h5-8,14H,3-4H2,1-2H3. The van der Waals surface area contributed by atoms with Crippen LogP contribution in [0.5, 0.6) is 0 Å².